The summed E-state index contributed by atoms with van der Waals surface area (Å²) >= 11 is 1.54. The minimum atomic E-state index is -0.792. The first kappa shape index (κ1) is 24.7. The zero-order chi connectivity index (χ0) is 25.5. The number of thioether (sulfide) groups is 1. The molecule has 0 saturated heterocycles. The van der Waals surface area contributed by atoms with Crippen molar-refractivity contribution in [2.45, 2.75) is 12.3 Å². The molecule has 0 atom stereocenters. The van der Waals surface area contributed by atoms with E-state index < -0.39 is 11.9 Å². The Morgan fingerprint density at radius 1 is 0.944 bits per heavy atom. The fraction of sp³-hybridized carbons (Fsp3) is 0.115. The normalized spacial score (nSPS) is 11.4. The second kappa shape index (κ2) is 11.3. The number of para-hydroxylation sites is 1. The van der Waals surface area contributed by atoms with Gasteiger partial charge in [0.1, 0.15) is 5.84 Å². The van der Waals surface area contributed by atoms with E-state index in [1.54, 1.807) is 24.3 Å². The first-order valence-electron chi connectivity index (χ1n) is 11.0. The molecule has 9 nitrogen and oxygen atoms in total. The molecule has 0 aliphatic heterocycles. The summed E-state index contributed by atoms with van der Waals surface area (Å²) in [4.78, 5) is 45.9. The van der Waals surface area contributed by atoms with Crippen molar-refractivity contribution in [1.29, 1.82) is 0 Å². The Balaban J connectivity index is 1.37. The summed E-state index contributed by atoms with van der Waals surface area (Å²) in [6.07, 6.45) is 0. The quantitative estimate of drug-likeness (QED) is 0.215. The molecule has 1 heterocycles. The number of carbonyl (C=O) groups is 2. The van der Waals surface area contributed by atoms with E-state index in [9.17, 15) is 14.4 Å². The SMILES string of the molecule is NC(=O)/N=C(\N)CSCc1ccc(-c2cccc(CNC(=O)c3nc4ccccc4c(=O)[nH]3)c2)cc1. The van der Waals surface area contributed by atoms with Gasteiger partial charge < -0.3 is 21.8 Å². The number of fused-ring (bicyclic) bond motifs is 1. The maximum Gasteiger partial charge on any atom is 0.340 e. The summed E-state index contributed by atoms with van der Waals surface area (Å²) in [5.74, 6) is 0.862. The van der Waals surface area contributed by atoms with E-state index in [1.165, 1.54) is 11.8 Å². The number of aromatic nitrogens is 2. The molecule has 10 heteroatoms. The van der Waals surface area contributed by atoms with Crippen LogP contribution in [0.3, 0.4) is 0 Å². The number of nitrogens with zero attached hydrogens (tertiary/aromatic N) is 2. The largest absolute Gasteiger partial charge is 0.386 e. The van der Waals surface area contributed by atoms with Crippen molar-refractivity contribution in [2.24, 2.45) is 16.5 Å². The number of amides is 3. The van der Waals surface area contributed by atoms with Gasteiger partial charge in [-0.15, -0.1) is 11.8 Å². The third-order valence-corrected chi connectivity index (χ3v) is 6.31. The Labute approximate surface area is 211 Å². The van der Waals surface area contributed by atoms with E-state index in [0.717, 1.165) is 22.3 Å². The van der Waals surface area contributed by atoms with Gasteiger partial charge in [-0.3, -0.25) is 9.59 Å². The van der Waals surface area contributed by atoms with Gasteiger partial charge in [0, 0.05) is 12.3 Å². The lowest BCUT2D eigenvalue weighted by atomic mass is 10.0. The van der Waals surface area contributed by atoms with E-state index in [2.05, 4.69) is 20.3 Å². The molecule has 0 aliphatic rings. The summed E-state index contributed by atoms with van der Waals surface area (Å²) in [7, 11) is 0. The lowest BCUT2D eigenvalue weighted by molar-refractivity contribution is 0.0940. The molecule has 0 saturated carbocycles. The Kier molecular flexibility index (Phi) is 7.76. The van der Waals surface area contributed by atoms with Gasteiger partial charge in [-0.25, -0.2) is 9.78 Å². The van der Waals surface area contributed by atoms with Crippen molar-refractivity contribution in [3.63, 3.8) is 0 Å². The fourth-order valence-corrected chi connectivity index (χ4v) is 4.37. The molecule has 0 unspecified atom stereocenters. The van der Waals surface area contributed by atoms with Crippen LogP contribution in [0.2, 0.25) is 0 Å². The average molecular weight is 501 g/mol. The fourth-order valence-electron chi connectivity index (χ4n) is 3.56. The van der Waals surface area contributed by atoms with Crippen LogP contribution in [0.1, 0.15) is 21.7 Å². The van der Waals surface area contributed by atoms with Crippen LogP contribution in [0.15, 0.2) is 82.6 Å². The number of nitrogens with two attached hydrogens (primary N) is 2. The molecule has 0 bridgehead atoms. The number of rotatable bonds is 8. The molecule has 182 valence electrons. The average Bonchev–Trinajstić information content (AvgIpc) is 2.87. The number of carbonyl (C=O) groups excluding carboxylic acids is 2. The standard InChI is InChI=1S/C26H24N6O3S/c27-22(31-26(28)35)15-36-14-16-8-10-18(11-9-16)19-5-3-4-17(12-19)13-29-25(34)23-30-21-7-2-1-6-20(21)24(33)32-23/h1-12H,13-15H2,(H,29,34)(H,30,32,33)(H4,27,28,31,35). The van der Waals surface area contributed by atoms with Crippen LogP contribution in [-0.4, -0.2) is 33.5 Å². The third kappa shape index (κ3) is 6.36. The number of hydrogen-bond donors (Lipinski definition) is 4. The lowest BCUT2D eigenvalue weighted by Crippen LogP contribution is -2.27. The Morgan fingerprint density at radius 3 is 2.50 bits per heavy atom. The molecule has 0 spiro atoms. The number of hydrogen-bond acceptors (Lipinski definition) is 5. The van der Waals surface area contributed by atoms with Crippen molar-refractivity contribution in [1.82, 2.24) is 15.3 Å². The van der Waals surface area contributed by atoms with E-state index in [1.807, 2.05) is 48.5 Å². The number of aromatic amines is 1. The van der Waals surface area contributed by atoms with Crippen molar-refractivity contribution < 1.29 is 9.59 Å². The molecule has 36 heavy (non-hydrogen) atoms. The number of benzene rings is 3. The number of amidine groups is 1. The van der Waals surface area contributed by atoms with Gasteiger partial charge in [-0.1, -0.05) is 54.6 Å². The van der Waals surface area contributed by atoms with Gasteiger partial charge in [0.25, 0.3) is 11.5 Å². The van der Waals surface area contributed by atoms with E-state index in [-0.39, 0.29) is 23.8 Å². The van der Waals surface area contributed by atoms with Crippen molar-refractivity contribution in [2.75, 3.05) is 5.75 Å². The highest BCUT2D eigenvalue weighted by molar-refractivity contribution is 7.99. The molecule has 3 aromatic carbocycles. The molecule has 0 aliphatic carbocycles. The molecule has 4 aromatic rings. The van der Waals surface area contributed by atoms with Crippen LogP contribution in [0, 0.1) is 0 Å². The first-order chi connectivity index (χ1) is 17.4. The number of nitrogens with one attached hydrogen (secondary N) is 2. The molecular formula is C26H24N6O3S. The van der Waals surface area contributed by atoms with Gasteiger partial charge in [0.2, 0.25) is 0 Å². The highest BCUT2D eigenvalue weighted by atomic mass is 32.2. The second-order valence-corrected chi connectivity index (χ2v) is 8.93. The minimum absolute atomic E-state index is 0.0223. The van der Waals surface area contributed by atoms with Crippen molar-refractivity contribution >= 4 is 40.4 Å². The van der Waals surface area contributed by atoms with Crippen molar-refractivity contribution in [3.05, 3.63) is 100 Å². The molecule has 1 aromatic heterocycles. The summed E-state index contributed by atoms with van der Waals surface area (Å²) in [5, 5.41) is 3.25. The summed E-state index contributed by atoms with van der Waals surface area (Å²) in [5.41, 5.74) is 14.8. The van der Waals surface area contributed by atoms with Crippen LogP contribution < -0.4 is 22.3 Å². The molecule has 3 amide bonds. The highest BCUT2D eigenvalue weighted by Gasteiger charge is 2.11. The molecule has 0 radical (unpaired) electrons. The maximum absolute atomic E-state index is 12.6. The maximum atomic E-state index is 12.6. The Hall–Kier alpha value is -4.44. The van der Waals surface area contributed by atoms with Crippen LogP contribution in [0.5, 0.6) is 0 Å². The number of primary amides is 1. The Morgan fingerprint density at radius 2 is 1.72 bits per heavy atom. The van der Waals surface area contributed by atoms with Crippen LogP contribution in [-0.2, 0) is 12.3 Å². The summed E-state index contributed by atoms with van der Waals surface area (Å²) in [6, 6.07) is 22.0. The topological polar surface area (TPSA) is 156 Å². The van der Waals surface area contributed by atoms with Crippen LogP contribution in [0.25, 0.3) is 22.0 Å². The zero-order valence-electron chi connectivity index (χ0n) is 19.2. The third-order valence-electron chi connectivity index (χ3n) is 5.27. The highest BCUT2D eigenvalue weighted by Crippen LogP contribution is 2.22. The summed E-state index contributed by atoms with van der Waals surface area (Å²) < 4.78 is 0. The smallest absolute Gasteiger partial charge is 0.340 e. The molecule has 4 rings (SSSR count). The van der Waals surface area contributed by atoms with Gasteiger partial charge in [-0.2, -0.15) is 4.99 Å². The first-order valence-corrected chi connectivity index (χ1v) is 12.2. The van der Waals surface area contributed by atoms with E-state index in [0.29, 0.717) is 22.4 Å². The monoisotopic (exact) mass is 500 g/mol. The van der Waals surface area contributed by atoms with E-state index >= 15 is 0 Å². The molecule has 0 fully saturated rings. The number of H-pyrrole nitrogens is 1. The minimum Gasteiger partial charge on any atom is -0.386 e. The van der Waals surface area contributed by atoms with E-state index in [4.69, 9.17) is 11.5 Å². The second-order valence-electron chi connectivity index (χ2n) is 7.95. The zero-order valence-corrected chi connectivity index (χ0v) is 20.0. The van der Waals surface area contributed by atoms with Crippen LogP contribution >= 0.6 is 11.8 Å². The number of urea groups is 1. The van der Waals surface area contributed by atoms with Gasteiger partial charge in [-0.05, 0) is 40.5 Å². The summed E-state index contributed by atoms with van der Waals surface area (Å²) in [6.45, 7) is 0.284. The van der Waals surface area contributed by atoms with Crippen LogP contribution in [0.4, 0.5) is 4.79 Å². The predicted molar refractivity (Wildman–Crippen MR) is 143 cm³/mol. The van der Waals surface area contributed by atoms with Gasteiger partial charge in [0.05, 0.1) is 16.7 Å². The van der Waals surface area contributed by atoms with Crippen molar-refractivity contribution in [3.8, 4) is 11.1 Å². The molecular weight excluding hydrogens is 476 g/mol. The van der Waals surface area contributed by atoms with Gasteiger partial charge >= 0.3 is 6.03 Å². The lowest BCUT2D eigenvalue weighted by Gasteiger charge is -2.09. The number of aliphatic imine (C=N–C) groups is 1. The molecule has 6 N–H and O–H groups in total. The predicted octanol–water partition coefficient (Wildman–Crippen LogP) is 3.19. The van der Waals surface area contributed by atoms with Gasteiger partial charge in [0.15, 0.2) is 5.82 Å². The Bertz CT molecular complexity index is 1500.